The van der Waals surface area contributed by atoms with E-state index >= 15 is 0 Å². The number of fused-ring (bicyclic) bond motifs is 1. The largest absolute Gasteiger partial charge is 0.330 e. The van der Waals surface area contributed by atoms with E-state index < -0.39 is 0 Å². The van der Waals surface area contributed by atoms with Gasteiger partial charge in [0.25, 0.3) is 0 Å². The zero-order valence-corrected chi connectivity index (χ0v) is 10.8. The van der Waals surface area contributed by atoms with Gasteiger partial charge in [0.15, 0.2) is 0 Å². The molecule has 2 heteroatoms. The first-order chi connectivity index (χ1) is 7.56. The third-order valence-corrected chi connectivity index (χ3v) is 4.27. The molecule has 0 saturated heterocycles. The average molecular weight is 238 g/mol. The van der Waals surface area contributed by atoms with E-state index in [1.807, 2.05) is 6.07 Å². The van der Waals surface area contributed by atoms with E-state index in [-0.39, 0.29) is 5.41 Å². The molecule has 1 nitrogen and oxygen atoms in total. The molecule has 0 saturated carbocycles. The van der Waals surface area contributed by atoms with Gasteiger partial charge in [0, 0.05) is 5.02 Å². The summed E-state index contributed by atoms with van der Waals surface area (Å²) in [6, 6.07) is 6.28. The van der Waals surface area contributed by atoms with Gasteiger partial charge in [-0.3, -0.25) is 0 Å². The number of nitrogens with two attached hydrogens (primary N) is 1. The van der Waals surface area contributed by atoms with Crippen molar-refractivity contribution in [1.82, 2.24) is 0 Å². The molecular weight excluding hydrogens is 218 g/mol. The summed E-state index contributed by atoms with van der Waals surface area (Å²) < 4.78 is 0. The van der Waals surface area contributed by atoms with Crippen molar-refractivity contribution in [2.75, 3.05) is 6.54 Å². The van der Waals surface area contributed by atoms with E-state index in [1.54, 1.807) is 0 Å². The second-order valence-electron chi connectivity index (χ2n) is 5.45. The lowest BCUT2D eigenvalue weighted by molar-refractivity contribution is 0.269. The van der Waals surface area contributed by atoms with Gasteiger partial charge in [-0.15, -0.1) is 0 Å². The Kier molecular flexibility index (Phi) is 3.27. The Morgan fingerprint density at radius 3 is 2.88 bits per heavy atom. The minimum Gasteiger partial charge on any atom is -0.330 e. The molecule has 0 amide bonds. The van der Waals surface area contributed by atoms with Crippen LogP contribution in [0.5, 0.6) is 0 Å². The van der Waals surface area contributed by atoms with Crippen LogP contribution in [-0.2, 0) is 6.42 Å². The van der Waals surface area contributed by atoms with Crippen LogP contribution in [0.25, 0.3) is 0 Å². The predicted octanol–water partition coefficient (Wildman–Crippen LogP) is 3.74. The minimum atomic E-state index is 0.167. The molecule has 0 fully saturated rings. The molecule has 1 aliphatic carbocycles. The van der Waals surface area contributed by atoms with Gasteiger partial charge < -0.3 is 5.73 Å². The molecule has 0 aromatic heterocycles. The van der Waals surface area contributed by atoms with Crippen molar-refractivity contribution in [1.29, 1.82) is 0 Å². The summed E-state index contributed by atoms with van der Waals surface area (Å²) in [5.74, 6) is 0.556. The number of hydrogen-bond acceptors (Lipinski definition) is 1. The lowest BCUT2D eigenvalue weighted by Gasteiger charge is -2.38. The highest BCUT2D eigenvalue weighted by Crippen LogP contribution is 2.44. The Morgan fingerprint density at radius 2 is 2.19 bits per heavy atom. The number of rotatable bonds is 2. The van der Waals surface area contributed by atoms with Crippen LogP contribution in [0.15, 0.2) is 18.2 Å². The van der Waals surface area contributed by atoms with Gasteiger partial charge in [-0.05, 0) is 54.3 Å². The third kappa shape index (κ3) is 1.99. The van der Waals surface area contributed by atoms with Crippen molar-refractivity contribution < 1.29 is 0 Å². The van der Waals surface area contributed by atoms with Crippen molar-refractivity contribution in [3.63, 3.8) is 0 Å². The molecule has 0 bridgehead atoms. The van der Waals surface area contributed by atoms with Gasteiger partial charge >= 0.3 is 0 Å². The fourth-order valence-electron chi connectivity index (χ4n) is 2.76. The Morgan fingerprint density at radius 1 is 1.44 bits per heavy atom. The van der Waals surface area contributed by atoms with E-state index in [4.69, 9.17) is 17.3 Å². The lowest BCUT2D eigenvalue weighted by Crippen LogP contribution is -2.33. The summed E-state index contributed by atoms with van der Waals surface area (Å²) in [5, 5.41) is 0.926. The summed E-state index contributed by atoms with van der Waals surface area (Å²) in [7, 11) is 0. The molecule has 2 N–H and O–H groups in total. The molecule has 0 aliphatic heterocycles. The van der Waals surface area contributed by atoms with Crippen molar-refractivity contribution in [2.24, 2.45) is 11.1 Å². The molecule has 1 aromatic carbocycles. The van der Waals surface area contributed by atoms with Crippen LogP contribution in [0.4, 0.5) is 0 Å². The fraction of sp³-hybridized carbons (Fsp3) is 0.571. The number of benzene rings is 1. The van der Waals surface area contributed by atoms with E-state index in [2.05, 4.69) is 26.0 Å². The zero-order chi connectivity index (χ0) is 11.8. The maximum atomic E-state index is 6.27. The average Bonchev–Trinajstić information content (AvgIpc) is 2.29. The number of halogens is 1. The summed E-state index contributed by atoms with van der Waals surface area (Å²) in [4.78, 5) is 0. The van der Waals surface area contributed by atoms with Crippen molar-refractivity contribution >= 4 is 11.6 Å². The smallest absolute Gasteiger partial charge is 0.0440 e. The van der Waals surface area contributed by atoms with Gasteiger partial charge in [0.05, 0.1) is 0 Å². The number of hydrogen-bond donors (Lipinski definition) is 1. The van der Waals surface area contributed by atoms with Gasteiger partial charge in [-0.2, -0.15) is 0 Å². The van der Waals surface area contributed by atoms with Crippen LogP contribution in [-0.4, -0.2) is 6.54 Å². The van der Waals surface area contributed by atoms with Gasteiger partial charge in [0.2, 0.25) is 0 Å². The molecule has 1 aromatic rings. The van der Waals surface area contributed by atoms with Crippen molar-refractivity contribution in [2.45, 2.75) is 39.0 Å². The highest BCUT2D eigenvalue weighted by Gasteiger charge is 2.33. The third-order valence-electron chi connectivity index (χ3n) is 3.92. The maximum Gasteiger partial charge on any atom is 0.0440 e. The molecule has 2 rings (SSSR count). The summed E-state index contributed by atoms with van der Waals surface area (Å²) in [5.41, 5.74) is 8.84. The van der Waals surface area contributed by atoms with Crippen LogP contribution in [0.3, 0.4) is 0 Å². The van der Waals surface area contributed by atoms with E-state index in [9.17, 15) is 0 Å². The van der Waals surface area contributed by atoms with Gasteiger partial charge in [0.1, 0.15) is 0 Å². The first-order valence-electron chi connectivity index (χ1n) is 6.03. The highest BCUT2D eigenvalue weighted by atomic mass is 35.5. The molecule has 88 valence electrons. The Balaban J connectivity index is 2.45. The molecular formula is C14H20ClN. The summed E-state index contributed by atoms with van der Waals surface area (Å²) in [6.45, 7) is 5.24. The Bertz CT molecular complexity index is 384. The second-order valence-corrected chi connectivity index (χ2v) is 5.85. The molecule has 1 aliphatic rings. The highest BCUT2D eigenvalue weighted by molar-refractivity contribution is 6.31. The van der Waals surface area contributed by atoms with Crippen LogP contribution >= 0.6 is 11.6 Å². The summed E-state index contributed by atoms with van der Waals surface area (Å²) in [6.07, 6.45) is 3.58. The lowest BCUT2D eigenvalue weighted by atomic mass is 9.68. The van der Waals surface area contributed by atoms with Crippen LogP contribution in [0, 0.1) is 5.41 Å². The van der Waals surface area contributed by atoms with Crippen LogP contribution in [0.2, 0.25) is 5.02 Å². The normalized spacial score (nSPS) is 20.6. The van der Waals surface area contributed by atoms with E-state index in [0.29, 0.717) is 5.92 Å². The minimum absolute atomic E-state index is 0.167. The van der Waals surface area contributed by atoms with Gasteiger partial charge in [-0.25, -0.2) is 0 Å². The van der Waals surface area contributed by atoms with Gasteiger partial charge in [-0.1, -0.05) is 37.6 Å². The molecule has 0 radical (unpaired) electrons. The topological polar surface area (TPSA) is 26.0 Å². The fourth-order valence-corrected chi connectivity index (χ4v) is 3.03. The molecule has 1 unspecified atom stereocenters. The van der Waals surface area contributed by atoms with Crippen molar-refractivity contribution in [3.05, 3.63) is 34.3 Å². The quantitative estimate of drug-likeness (QED) is 0.833. The molecule has 0 heterocycles. The Labute approximate surface area is 103 Å². The SMILES string of the molecule is CC(C)(CN)C1CCCc2c(Cl)cccc21. The standard InChI is InChI=1S/C14H20ClN/c1-14(2,9-16)12-7-3-6-11-10(12)5-4-8-13(11)15/h4-5,8,12H,3,6-7,9,16H2,1-2H3. The summed E-state index contributed by atoms with van der Waals surface area (Å²) >= 11 is 6.27. The van der Waals surface area contributed by atoms with E-state index in [1.165, 1.54) is 24.0 Å². The van der Waals surface area contributed by atoms with Crippen molar-refractivity contribution in [3.8, 4) is 0 Å². The predicted molar refractivity (Wildman–Crippen MR) is 70.0 cm³/mol. The zero-order valence-electron chi connectivity index (χ0n) is 10.1. The molecule has 1 atom stereocenters. The first kappa shape index (κ1) is 11.9. The molecule has 0 spiro atoms. The second kappa shape index (κ2) is 4.38. The maximum absolute atomic E-state index is 6.27. The first-order valence-corrected chi connectivity index (χ1v) is 6.41. The monoisotopic (exact) mass is 237 g/mol. The Hall–Kier alpha value is -0.530. The van der Waals surface area contributed by atoms with E-state index in [0.717, 1.165) is 18.0 Å². The van der Waals surface area contributed by atoms with Crippen LogP contribution in [0.1, 0.15) is 43.7 Å². The molecule has 16 heavy (non-hydrogen) atoms. The van der Waals surface area contributed by atoms with Crippen LogP contribution < -0.4 is 5.73 Å².